The summed E-state index contributed by atoms with van der Waals surface area (Å²) in [4.78, 5) is 18.2. The van der Waals surface area contributed by atoms with Crippen LogP contribution in [0.4, 0.5) is 0 Å². The predicted octanol–water partition coefficient (Wildman–Crippen LogP) is 1.53. The Morgan fingerprint density at radius 1 is 1.36 bits per heavy atom. The zero-order valence-electron chi connectivity index (χ0n) is 14.6. The molecule has 0 radical (unpaired) electrons. The summed E-state index contributed by atoms with van der Waals surface area (Å²) in [6.07, 6.45) is 2.18. The first-order valence-corrected chi connectivity index (χ1v) is 10.0. The Morgan fingerprint density at radius 2 is 2.12 bits per heavy atom. The Hall–Kier alpha value is -2.22. The predicted molar refractivity (Wildman–Crippen MR) is 94.0 cm³/mol. The van der Waals surface area contributed by atoms with E-state index in [-0.39, 0.29) is 23.5 Å². The quantitative estimate of drug-likeness (QED) is 0.823. The van der Waals surface area contributed by atoms with Gasteiger partial charge in [0.25, 0.3) is 5.91 Å². The standard InChI is InChI=1S/C17H22N4O3S/c1-12-15(10-20(3)17(22)16-6-4-5-8-18-16)13(2)21(19-12)14-7-9-25(23,24)11-14/h4-6,8,14H,7,9-11H2,1-3H3/t14-/m1/s1. The highest BCUT2D eigenvalue weighted by molar-refractivity contribution is 7.91. The lowest BCUT2D eigenvalue weighted by Gasteiger charge is -2.17. The van der Waals surface area contributed by atoms with Gasteiger partial charge in [-0.3, -0.25) is 14.5 Å². The van der Waals surface area contributed by atoms with Gasteiger partial charge < -0.3 is 4.90 Å². The van der Waals surface area contributed by atoms with Crippen LogP contribution in [0.25, 0.3) is 0 Å². The minimum Gasteiger partial charge on any atom is -0.336 e. The van der Waals surface area contributed by atoms with Crippen LogP contribution in [-0.4, -0.2) is 52.5 Å². The van der Waals surface area contributed by atoms with Crippen molar-refractivity contribution in [3.8, 4) is 0 Å². The molecule has 8 heteroatoms. The Balaban J connectivity index is 1.80. The minimum absolute atomic E-state index is 0.116. The third-order valence-electron chi connectivity index (χ3n) is 4.66. The van der Waals surface area contributed by atoms with E-state index in [4.69, 9.17) is 0 Å². The van der Waals surface area contributed by atoms with E-state index in [0.717, 1.165) is 17.0 Å². The van der Waals surface area contributed by atoms with Gasteiger partial charge in [-0.1, -0.05) is 6.07 Å². The third kappa shape index (κ3) is 3.58. The average molecular weight is 362 g/mol. The van der Waals surface area contributed by atoms with Gasteiger partial charge in [-0.25, -0.2) is 8.42 Å². The first-order chi connectivity index (χ1) is 11.8. The van der Waals surface area contributed by atoms with Crippen molar-refractivity contribution < 1.29 is 13.2 Å². The number of sulfone groups is 1. The normalized spacial score (nSPS) is 19.1. The molecular formula is C17H22N4O3S. The van der Waals surface area contributed by atoms with Crippen LogP contribution in [0.15, 0.2) is 24.4 Å². The maximum absolute atomic E-state index is 12.5. The van der Waals surface area contributed by atoms with Gasteiger partial charge in [0.2, 0.25) is 0 Å². The van der Waals surface area contributed by atoms with Crippen molar-refractivity contribution >= 4 is 15.7 Å². The number of pyridine rings is 1. The lowest BCUT2D eigenvalue weighted by atomic mass is 10.1. The largest absolute Gasteiger partial charge is 0.336 e. The van der Waals surface area contributed by atoms with Crippen molar-refractivity contribution in [2.45, 2.75) is 32.9 Å². The number of nitrogens with zero attached hydrogens (tertiary/aromatic N) is 4. The van der Waals surface area contributed by atoms with Crippen LogP contribution in [0.1, 0.15) is 39.9 Å². The molecule has 25 heavy (non-hydrogen) atoms. The second-order valence-electron chi connectivity index (χ2n) is 6.53. The number of rotatable bonds is 4. The SMILES string of the molecule is Cc1nn([C@@H]2CCS(=O)(=O)C2)c(C)c1CN(C)C(=O)c1ccccn1. The smallest absolute Gasteiger partial charge is 0.272 e. The second kappa shape index (κ2) is 6.59. The molecule has 3 rings (SSSR count). The third-order valence-corrected chi connectivity index (χ3v) is 6.41. The van der Waals surface area contributed by atoms with E-state index in [0.29, 0.717) is 18.7 Å². The van der Waals surface area contributed by atoms with E-state index in [2.05, 4.69) is 10.1 Å². The molecule has 3 heterocycles. The second-order valence-corrected chi connectivity index (χ2v) is 8.76. The van der Waals surface area contributed by atoms with E-state index < -0.39 is 9.84 Å². The van der Waals surface area contributed by atoms with Gasteiger partial charge in [-0.2, -0.15) is 5.10 Å². The molecule has 134 valence electrons. The number of hydrogen-bond acceptors (Lipinski definition) is 5. The van der Waals surface area contributed by atoms with Gasteiger partial charge in [0.05, 0.1) is 23.2 Å². The zero-order chi connectivity index (χ0) is 18.2. The molecule has 1 saturated heterocycles. The monoisotopic (exact) mass is 362 g/mol. The van der Waals surface area contributed by atoms with Crippen molar-refractivity contribution in [2.75, 3.05) is 18.6 Å². The number of carbonyl (C=O) groups is 1. The molecule has 0 bridgehead atoms. The van der Waals surface area contributed by atoms with Crippen molar-refractivity contribution in [1.82, 2.24) is 19.7 Å². The molecule has 1 fully saturated rings. The van der Waals surface area contributed by atoms with Crippen LogP contribution in [-0.2, 0) is 16.4 Å². The fourth-order valence-electron chi connectivity index (χ4n) is 3.24. The number of aryl methyl sites for hydroxylation is 1. The molecule has 0 aliphatic carbocycles. The first-order valence-electron chi connectivity index (χ1n) is 8.20. The van der Waals surface area contributed by atoms with Crippen LogP contribution in [0.2, 0.25) is 0 Å². The summed E-state index contributed by atoms with van der Waals surface area (Å²) < 4.78 is 25.3. The number of aromatic nitrogens is 3. The summed E-state index contributed by atoms with van der Waals surface area (Å²) in [6.45, 7) is 4.23. The molecule has 2 aromatic heterocycles. The molecule has 1 atom stereocenters. The van der Waals surface area contributed by atoms with Crippen molar-refractivity contribution in [3.05, 3.63) is 47.0 Å². The van der Waals surface area contributed by atoms with E-state index in [1.807, 2.05) is 18.5 Å². The molecular weight excluding hydrogens is 340 g/mol. The molecule has 0 aromatic carbocycles. The van der Waals surface area contributed by atoms with Crippen molar-refractivity contribution in [1.29, 1.82) is 0 Å². The van der Waals surface area contributed by atoms with Crippen LogP contribution in [0, 0.1) is 13.8 Å². The van der Waals surface area contributed by atoms with Gasteiger partial charge in [0, 0.05) is 31.0 Å². The molecule has 1 amide bonds. The molecule has 7 nitrogen and oxygen atoms in total. The van der Waals surface area contributed by atoms with Gasteiger partial charge in [-0.05, 0) is 32.4 Å². The molecule has 1 aliphatic heterocycles. The number of amides is 1. The van der Waals surface area contributed by atoms with Crippen molar-refractivity contribution in [3.63, 3.8) is 0 Å². The summed E-state index contributed by atoms with van der Waals surface area (Å²) in [6, 6.07) is 5.12. The van der Waals surface area contributed by atoms with Crippen LogP contribution >= 0.6 is 0 Å². The fourth-order valence-corrected chi connectivity index (χ4v) is 4.94. The molecule has 0 N–H and O–H groups in total. The molecule has 2 aromatic rings. The summed E-state index contributed by atoms with van der Waals surface area (Å²) in [5.74, 6) is 0.191. The topological polar surface area (TPSA) is 85.2 Å². The van der Waals surface area contributed by atoms with E-state index >= 15 is 0 Å². The van der Waals surface area contributed by atoms with Gasteiger partial charge >= 0.3 is 0 Å². The maximum Gasteiger partial charge on any atom is 0.272 e. The van der Waals surface area contributed by atoms with E-state index in [1.54, 1.807) is 36.3 Å². The lowest BCUT2D eigenvalue weighted by Crippen LogP contribution is -2.27. The Labute approximate surface area is 147 Å². The molecule has 0 saturated carbocycles. The highest BCUT2D eigenvalue weighted by Crippen LogP contribution is 2.27. The molecule has 0 spiro atoms. The van der Waals surface area contributed by atoms with Crippen molar-refractivity contribution in [2.24, 2.45) is 0 Å². The van der Waals surface area contributed by atoms with E-state index in [9.17, 15) is 13.2 Å². The van der Waals surface area contributed by atoms with Gasteiger partial charge in [-0.15, -0.1) is 0 Å². The minimum atomic E-state index is -2.97. The van der Waals surface area contributed by atoms with Gasteiger partial charge in [0.1, 0.15) is 5.69 Å². The summed E-state index contributed by atoms with van der Waals surface area (Å²) >= 11 is 0. The summed E-state index contributed by atoms with van der Waals surface area (Å²) in [5, 5.41) is 4.54. The van der Waals surface area contributed by atoms with E-state index in [1.165, 1.54) is 0 Å². The summed E-state index contributed by atoms with van der Waals surface area (Å²) in [7, 11) is -1.24. The number of hydrogen-bond donors (Lipinski definition) is 0. The Morgan fingerprint density at radius 3 is 2.72 bits per heavy atom. The highest BCUT2D eigenvalue weighted by atomic mass is 32.2. The summed E-state index contributed by atoms with van der Waals surface area (Å²) in [5.41, 5.74) is 3.09. The number of carbonyl (C=O) groups excluding carboxylic acids is 1. The fraction of sp³-hybridized carbons (Fsp3) is 0.471. The molecule has 1 aliphatic rings. The average Bonchev–Trinajstić information content (AvgIpc) is 3.08. The van der Waals surface area contributed by atoms with Crippen LogP contribution in [0.3, 0.4) is 0 Å². The Bertz CT molecular complexity index is 890. The molecule has 0 unspecified atom stereocenters. The highest BCUT2D eigenvalue weighted by Gasteiger charge is 2.31. The maximum atomic E-state index is 12.5. The first kappa shape index (κ1) is 17.6. The van der Waals surface area contributed by atoms with Crippen LogP contribution < -0.4 is 0 Å². The lowest BCUT2D eigenvalue weighted by molar-refractivity contribution is 0.0779. The van der Waals surface area contributed by atoms with Crippen LogP contribution in [0.5, 0.6) is 0 Å². The zero-order valence-corrected chi connectivity index (χ0v) is 15.5. The van der Waals surface area contributed by atoms with Gasteiger partial charge in [0.15, 0.2) is 9.84 Å². The Kier molecular flexibility index (Phi) is 4.64.